The van der Waals surface area contributed by atoms with E-state index in [4.69, 9.17) is 4.74 Å². The molecule has 2 aromatic rings. The van der Waals surface area contributed by atoms with Crippen molar-refractivity contribution in [3.63, 3.8) is 0 Å². The molecule has 0 bridgehead atoms. The first kappa shape index (κ1) is 17.9. The Kier molecular flexibility index (Phi) is 6.31. The van der Waals surface area contributed by atoms with Crippen molar-refractivity contribution in [3.05, 3.63) is 58.6 Å². The van der Waals surface area contributed by atoms with E-state index in [1.54, 1.807) is 30.3 Å². The zero-order valence-electron chi connectivity index (χ0n) is 12.6. The Morgan fingerprint density at radius 1 is 1.21 bits per heavy atom. The molecule has 126 valence electrons. The molecule has 0 spiro atoms. The summed E-state index contributed by atoms with van der Waals surface area (Å²) >= 11 is 3.32. The number of rotatable bonds is 6. The molecule has 0 fully saturated rings. The van der Waals surface area contributed by atoms with Crippen molar-refractivity contribution < 1.29 is 23.0 Å². The van der Waals surface area contributed by atoms with Gasteiger partial charge in [0.05, 0.1) is 7.11 Å². The SMILES string of the molecule is COc1cc(C=CC(=O)Nc2cccc(Br)c2)ccc1OC(F)F. The Labute approximate surface area is 146 Å². The predicted octanol–water partition coefficient (Wildman–Crippen LogP) is 4.71. The van der Waals surface area contributed by atoms with E-state index in [2.05, 4.69) is 26.0 Å². The summed E-state index contributed by atoms with van der Waals surface area (Å²) in [6.45, 7) is -2.93. The molecule has 0 saturated carbocycles. The van der Waals surface area contributed by atoms with Gasteiger partial charge in [-0.15, -0.1) is 0 Å². The van der Waals surface area contributed by atoms with E-state index >= 15 is 0 Å². The van der Waals surface area contributed by atoms with Crippen LogP contribution in [0.5, 0.6) is 11.5 Å². The van der Waals surface area contributed by atoms with Crippen LogP contribution in [0.4, 0.5) is 14.5 Å². The van der Waals surface area contributed by atoms with Crippen LogP contribution in [0.2, 0.25) is 0 Å². The molecule has 0 aliphatic rings. The van der Waals surface area contributed by atoms with Gasteiger partial charge in [-0.25, -0.2) is 0 Å². The van der Waals surface area contributed by atoms with E-state index in [9.17, 15) is 13.6 Å². The van der Waals surface area contributed by atoms with Gasteiger partial charge in [0.1, 0.15) is 0 Å². The van der Waals surface area contributed by atoms with E-state index in [1.807, 2.05) is 6.07 Å². The third-order valence-corrected chi connectivity index (χ3v) is 3.42. The first-order valence-electron chi connectivity index (χ1n) is 6.85. The van der Waals surface area contributed by atoms with Gasteiger partial charge in [-0.3, -0.25) is 4.79 Å². The van der Waals surface area contributed by atoms with Crippen molar-refractivity contribution in [3.8, 4) is 11.5 Å². The zero-order valence-corrected chi connectivity index (χ0v) is 14.2. The number of hydrogen-bond donors (Lipinski definition) is 1. The molecule has 0 saturated heterocycles. The standard InChI is InChI=1S/C17H14BrF2NO3/c1-23-15-9-11(5-7-14(15)24-17(19)20)6-8-16(22)21-13-4-2-3-12(18)10-13/h2-10,17H,1H3,(H,21,22). The van der Waals surface area contributed by atoms with Crippen molar-refractivity contribution in [2.45, 2.75) is 6.61 Å². The fourth-order valence-corrected chi connectivity index (χ4v) is 2.30. The van der Waals surface area contributed by atoms with E-state index < -0.39 is 6.61 Å². The number of anilines is 1. The molecule has 0 radical (unpaired) electrons. The van der Waals surface area contributed by atoms with E-state index in [0.717, 1.165) is 4.47 Å². The highest BCUT2D eigenvalue weighted by atomic mass is 79.9. The first-order valence-corrected chi connectivity index (χ1v) is 7.64. The van der Waals surface area contributed by atoms with E-state index in [-0.39, 0.29) is 17.4 Å². The van der Waals surface area contributed by atoms with Gasteiger partial charge in [-0.05, 0) is 42.0 Å². The van der Waals surface area contributed by atoms with Crippen LogP contribution in [-0.2, 0) is 4.79 Å². The van der Waals surface area contributed by atoms with Crippen molar-refractivity contribution in [2.24, 2.45) is 0 Å². The minimum atomic E-state index is -2.93. The molecule has 0 unspecified atom stereocenters. The molecule has 7 heteroatoms. The van der Waals surface area contributed by atoms with Crippen molar-refractivity contribution in [1.82, 2.24) is 0 Å². The molecule has 24 heavy (non-hydrogen) atoms. The number of alkyl halides is 2. The second-order valence-electron chi connectivity index (χ2n) is 4.62. The predicted molar refractivity (Wildman–Crippen MR) is 91.4 cm³/mol. The fourth-order valence-electron chi connectivity index (χ4n) is 1.90. The molecule has 0 aliphatic carbocycles. The molecule has 0 heterocycles. The summed E-state index contributed by atoms with van der Waals surface area (Å²) in [6, 6.07) is 11.6. The van der Waals surface area contributed by atoms with Crippen LogP contribution in [0, 0.1) is 0 Å². The van der Waals surface area contributed by atoms with Gasteiger partial charge in [0.15, 0.2) is 11.5 Å². The number of benzene rings is 2. The van der Waals surface area contributed by atoms with Crippen LogP contribution >= 0.6 is 15.9 Å². The van der Waals surface area contributed by atoms with Crippen LogP contribution in [-0.4, -0.2) is 19.6 Å². The van der Waals surface area contributed by atoms with Gasteiger partial charge >= 0.3 is 6.61 Å². The van der Waals surface area contributed by atoms with Crippen LogP contribution in [0.1, 0.15) is 5.56 Å². The van der Waals surface area contributed by atoms with Crippen LogP contribution in [0.15, 0.2) is 53.0 Å². The lowest BCUT2D eigenvalue weighted by Crippen LogP contribution is -2.07. The maximum absolute atomic E-state index is 12.3. The number of carbonyl (C=O) groups is 1. The zero-order chi connectivity index (χ0) is 17.5. The lowest BCUT2D eigenvalue weighted by Gasteiger charge is -2.10. The van der Waals surface area contributed by atoms with E-state index in [0.29, 0.717) is 11.3 Å². The van der Waals surface area contributed by atoms with Gasteiger partial charge in [-0.2, -0.15) is 8.78 Å². The van der Waals surface area contributed by atoms with Crippen LogP contribution in [0.3, 0.4) is 0 Å². The summed E-state index contributed by atoms with van der Waals surface area (Å²) in [6.07, 6.45) is 2.88. The average Bonchev–Trinajstić information content (AvgIpc) is 2.53. The summed E-state index contributed by atoms with van der Waals surface area (Å²) in [5.74, 6) is -0.229. The first-order chi connectivity index (χ1) is 11.5. The molecule has 1 N–H and O–H groups in total. The molecule has 1 amide bonds. The summed E-state index contributed by atoms with van der Waals surface area (Å²) in [4.78, 5) is 11.9. The van der Waals surface area contributed by atoms with Crippen molar-refractivity contribution in [2.75, 3.05) is 12.4 Å². The minimum Gasteiger partial charge on any atom is -0.493 e. The van der Waals surface area contributed by atoms with Gasteiger partial charge in [-0.1, -0.05) is 28.1 Å². The lowest BCUT2D eigenvalue weighted by atomic mass is 10.2. The molecule has 2 rings (SSSR count). The van der Waals surface area contributed by atoms with Crippen molar-refractivity contribution in [1.29, 1.82) is 0 Å². The van der Waals surface area contributed by atoms with Crippen LogP contribution in [0.25, 0.3) is 6.08 Å². The summed E-state index contributed by atoms with van der Waals surface area (Å²) in [5, 5.41) is 2.71. The normalized spacial score (nSPS) is 10.9. The number of carbonyl (C=O) groups excluding carboxylic acids is 1. The highest BCUT2D eigenvalue weighted by Crippen LogP contribution is 2.29. The third-order valence-electron chi connectivity index (χ3n) is 2.92. The Morgan fingerprint density at radius 3 is 2.67 bits per heavy atom. The number of ether oxygens (including phenoxy) is 2. The lowest BCUT2D eigenvalue weighted by molar-refractivity contribution is -0.111. The van der Waals surface area contributed by atoms with Gasteiger partial charge in [0.2, 0.25) is 5.91 Å². The molecule has 4 nitrogen and oxygen atoms in total. The number of hydrogen-bond acceptors (Lipinski definition) is 3. The molecule has 0 aromatic heterocycles. The Bertz CT molecular complexity index is 750. The van der Waals surface area contributed by atoms with Crippen LogP contribution < -0.4 is 14.8 Å². The fraction of sp³-hybridized carbons (Fsp3) is 0.118. The largest absolute Gasteiger partial charge is 0.493 e. The summed E-state index contributed by atoms with van der Waals surface area (Å²) < 4.78 is 34.8. The molecular weight excluding hydrogens is 384 g/mol. The van der Waals surface area contributed by atoms with Gasteiger partial charge < -0.3 is 14.8 Å². The molecular formula is C17H14BrF2NO3. The highest BCUT2D eigenvalue weighted by Gasteiger charge is 2.10. The maximum Gasteiger partial charge on any atom is 0.387 e. The number of amides is 1. The van der Waals surface area contributed by atoms with Crippen molar-refractivity contribution >= 4 is 33.6 Å². The summed E-state index contributed by atoms with van der Waals surface area (Å²) in [5.41, 5.74) is 1.26. The Morgan fingerprint density at radius 2 is 2.00 bits per heavy atom. The molecule has 0 aliphatic heterocycles. The molecule has 2 aromatic carbocycles. The second kappa shape index (κ2) is 8.44. The highest BCUT2D eigenvalue weighted by molar-refractivity contribution is 9.10. The quantitative estimate of drug-likeness (QED) is 0.717. The topological polar surface area (TPSA) is 47.6 Å². The molecule has 0 atom stereocenters. The van der Waals surface area contributed by atoms with Gasteiger partial charge in [0.25, 0.3) is 0 Å². The van der Waals surface area contributed by atoms with Gasteiger partial charge in [0, 0.05) is 16.2 Å². The number of halogens is 3. The smallest absolute Gasteiger partial charge is 0.387 e. The number of nitrogens with one attached hydrogen (secondary N) is 1. The average molecular weight is 398 g/mol. The Hall–Kier alpha value is -2.41. The summed E-state index contributed by atoms with van der Waals surface area (Å²) in [7, 11) is 1.35. The van der Waals surface area contributed by atoms with E-state index in [1.165, 1.54) is 25.3 Å². The minimum absolute atomic E-state index is 0.0664. The second-order valence-corrected chi connectivity index (χ2v) is 5.54. The Balaban J connectivity index is 2.06. The monoisotopic (exact) mass is 397 g/mol. The maximum atomic E-state index is 12.3. The third kappa shape index (κ3) is 5.34. The number of methoxy groups -OCH3 is 1.